The fraction of sp³-hybridized carbons (Fsp3) is 0.0625. The topological polar surface area (TPSA) is 50.9 Å². The number of rotatable bonds is 2. The molecule has 3 rings (SSSR count). The molecule has 3 N–H and O–H groups in total. The number of aromatic nitrogens is 1. The minimum atomic E-state index is -0.240. The minimum Gasteiger partial charge on any atom is -0.396 e. The zero-order valence-corrected chi connectivity index (χ0v) is 11.0. The highest BCUT2D eigenvalue weighted by Crippen LogP contribution is 2.30. The number of pyridine rings is 1. The number of nitrogen functional groups attached to an aromatic ring is 1. The van der Waals surface area contributed by atoms with Gasteiger partial charge in [0.1, 0.15) is 5.82 Å². The number of anilines is 3. The summed E-state index contributed by atoms with van der Waals surface area (Å²) in [5.41, 5.74) is 9.62. The van der Waals surface area contributed by atoms with Crippen molar-refractivity contribution < 1.29 is 4.39 Å². The van der Waals surface area contributed by atoms with Gasteiger partial charge >= 0.3 is 0 Å². The maximum atomic E-state index is 13.6. The summed E-state index contributed by atoms with van der Waals surface area (Å²) in [4.78, 5) is 4.25. The average molecular weight is 267 g/mol. The summed E-state index contributed by atoms with van der Waals surface area (Å²) >= 11 is 0. The third-order valence-electron chi connectivity index (χ3n) is 3.28. The summed E-state index contributed by atoms with van der Waals surface area (Å²) in [6.07, 6.45) is 1.73. The molecule has 0 bridgehead atoms. The van der Waals surface area contributed by atoms with E-state index < -0.39 is 0 Å². The summed E-state index contributed by atoms with van der Waals surface area (Å²) in [6.45, 7) is 1.73. The van der Waals surface area contributed by atoms with Crippen LogP contribution in [0.15, 0.2) is 48.7 Å². The van der Waals surface area contributed by atoms with Gasteiger partial charge in [0.15, 0.2) is 0 Å². The fourth-order valence-electron chi connectivity index (χ4n) is 2.11. The first-order chi connectivity index (χ1) is 9.65. The molecule has 1 heterocycles. The lowest BCUT2D eigenvalue weighted by molar-refractivity contribution is 0.619. The van der Waals surface area contributed by atoms with E-state index in [9.17, 15) is 4.39 Å². The summed E-state index contributed by atoms with van der Waals surface area (Å²) in [6, 6.07) is 12.5. The van der Waals surface area contributed by atoms with Crippen LogP contribution in [0.2, 0.25) is 0 Å². The molecule has 0 aliphatic rings. The lowest BCUT2D eigenvalue weighted by Gasteiger charge is -2.12. The van der Waals surface area contributed by atoms with Gasteiger partial charge in [-0.05, 0) is 48.9 Å². The van der Waals surface area contributed by atoms with E-state index in [1.165, 1.54) is 6.07 Å². The molecule has 100 valence electrons. The van der Waals surface area contributed by atoms with Crippen LogP contribution >= 0.6 is 0 Å². The zero-order chi connectivity index (χ0) is 14.1. The number of nitrogens with zero attached hydrogens (tertiary/aromatic N) is 1. The molecule has 0 fully saturated rings. The van der Waals surface area contributed by atoms with Gasteiger partial charge in [0.05, 0.1) is 16.9 Å². The molecule has 0 saturated carbocycles. The lowest BCUT2D eigenvalue weighted by Crippen LogP contribution is -1.98. The SMILES string of the molecule is Cc1ccc(Nc2ccc3ncccc3c2N)cc1F. The second kappa shape index (κ2) is 4.81. The molecule has 0 spiro atoms. The highest BCUT2D eigenvalue weighted by Gasteiger charge is 2.06. The van der Waals surface area contributed by atoms with E-state index in [4.69, 9.17) is 5.73 Å². The summed E-state index contributed by atoms with van der Waals surface area (Å²) < 4.78 is 13.6. The van der Waals surface area contributed by atoms with Gasteiger partial charge in [0.2, 0.25) is 0 Å². The molecule has 0 saturated heterocycles. The van der Waals surface area contributed by atoms with E-state index in [2.05, 4.69) is 10.3 Å². The summed E-state index contributed by atoms with van der Waals surface area (Å²) in [5.74, 6) is -0.240. The molecule has 1 aromatic heterocycles. The van der Waals surface area contributed by atoms with Crippen molar-refractivity contribution in [2.45, 2.75) is 6.92 Å². The van der Waals surface area contributed by atoms with E-state index in [0.29, 0.717) is 16.9 Å². The van der Waals surface area contributed by atoms with Gasteiger partial charge in [0, 0.05) is 17.3 Å². The Balaban J connectivity index is 2.02. The predicted molar refractivity (Wildman–Crippen MR) is 80.6 cm³/mol. The highest BCUT2D eigenvalue weighted by molar-refractivity contribution is 5.97. The first-order valence-corrected chi connectivity index (χ1v) is 6.31. The monoisotopic (exact) mass is 267 g/mol. The van der Waals surface area contributed by atoms with Crippen LogP contribution in [0.4, 0.5) is 21.5 Å². The average Bonchev–Trinajstić information content (AvgIpc) is 2.46. The first kappa shape index (κ1) is 12.4. The summed E-state index contributed by atoms with van der Waals surface area (Å²) in [7, 11) is 0. The van der Waals surface area contributed by atoms with Crippen LogP contribution in [0, 0.1) is 12.7 Å². The third-order valence-corrected chi connectivity index (χ3v) is 3.28. The smallest absolute Gasteiger partial charge is 0.128 e. The second-order valence-corrected chi connectivity index (χ2v) is 4.69. The second-order valence-electron chi connectivity index (χ2n) is 4.69. The Morgan fingerprint density at radius 3 is 2.80 bits per heavy atom. The van der Waals surface area contributed by atoms with Gasteiger partial charge in [-0.25, -0.2) is 4.39 Å². The maximum Gasteiger partial charge on any atom is 0.128 e. The predicted octanol–water partition coefficient (Wildman–Crippen LogP) is 4.01. The quantitative estimate of drug-likeness (QED) is 0.690. The number of aryl methyl sites for hydroxylation is 1. The van der Waals surface area contributed by atoms with Crippen LogP contribution in [0.25, 0.3) is 10.9 Å². The van der Waals surface area contributed by atoms with E-state index >= 15 is 0 Å². The molecular formula is C16H14FN3. The van der Waals surface area contributed by atoms with Crippen molar-refractivity contribution in [1.29, 1.82) is 0 Å². The Hall–Kier alpha value is -2.62. The molecule has 0 unspecified atom stereocenters. The zero-order valence-electron chi connectivity index (χ0n) is 11.0. The molecule has 3 aromatic rings. The molecule has 0 aliphatic carbocycles. The molecule has 0 atom stereocenters. The Bertz CT molecular complexity index is 784. The fourth-order valence-corrected chi connectivity index (χ4v) is 2.11. The molecule has 0 aliphatic heterocycles. The van der Waals surface area contributed by atoms with Crippen molar-refractivity contribution in [1.82, 2.24) is 4.98 Å². The van der Waals surface area contributed by atoms with Crippen LogP contribution in [0.3, 0.4) is 0 Å². The van der Waals surface area contributed by atoms with Gasteiger partial charge < -0.3 is 11.1 Å². The third kappa shape index (κ3) is 2.16. The lowest BCUT2D eigenvalue weighted by atomic mass is 10.1. The van der Waals surface area contributed by atoms with Crippen molar-refractivity contribution in [2.24, 2.45) is 0 Å². The highest BCUT2D eigenvalue weighted by atomic mass is 19.1. The van der Waals surface area contributed by atoms with Crippen LogP contribution in [0.5, 0.6) is 0 Å². The van der Waals surface area contributed by atoms with Crippen LogP contribution in [-0.4, -0.2) is 4.98 Å². The largest absolute Gasteiger partial charge is 0.396 e. The van der Waals surface area contributed by atoms with Crippen molar-refractivity contribution in [3.63, 3.8) is 0 Å². The Morgan fingerprint density at radius 2 is 2.00 bits per heavy atom. The minimum absolute atomic E-state index is 0.240. The molecular weight excluding hydrogens is 253 g/mol. The number of hydrogen-bond acceptors (Lipinski definition) is 3. The molecule has 20 heavy (non-hydrogen) atoms. The Morgan fingerprint density at radius 1 is 1.15 bits per heavy atom. The van der Waals surface area contributed by atoms with Crippen LogP contribution in [-0.2, 0) is 0 Å². The van der Waals surface area contributed by atoms with Gasteiger partial charge in [0.25, 0.3) is 0 Å². The van der Waals surface area contributed by atoms with Crippen molar-refractivity contribution in [2.75, 3.05) is 11.1 Å². The van der Waals surface area contributed by atoms with Gasteiger partial charge in [-0.3, -0.25) is 4.98 Å². The number of nitrogens with one attached hydrogen (secondary N) is 1. The van der Waals surface area contributed by atoms with Crippen LogP contribution in [0.1, 0.15) is 5.56 Å². The van der Waals surface area contributed by atoms with Crippen molar-refractivity contribution in [3.8, 4) is 0 Å². The summed E-state index contributed by atoms with van der Waals surface area (Å²) in [5, 5.41) is 4.02. The number of fused-ring (bicyclic) bond motifs is 1. The number of nitrogens with two attached hydrogens (primary N) is 1. The molecule has 0 amide bonds. The normalized spacial score (nSPS) is 10.7. The molecule has 4 heteroatoms. The van der Waals surface area contributed by atoms with E-state index in [1.807, 2.05) is 30.3 Å². The van der Waals surface area contributed by atoms with E-state index in [1.54, 1.807) is 19.2 Å². The number of halogens is 1. The van der Waals surface area contributed by atoms with Gasteiger partial charge in [-0.1, -0.05) is 6.07 Å². The number of hydrogen-bond donors (Lipinski definition) is 2. The molecule has 0 radical (unpaired) electrons. The van der Waals surface area contributed by atoms with Crippen molar-refractivity contribution in [3.05, 3.63) is 60.0 Å². The molecule has 3 nitrogen and oxygen atoms in total. The van der Waals surface area contributed by atoms with E-state index in [-0.39, 0.29) is 5.82 Å². The molecule has 2 aromatic carbocycles. The maximum absolute atomic E-state index is 13.6. The number of benzene rings is 2. The van der Waals surface area contributed by atoms with E-state index in [0.717, 1.165) is 16.6 Å². The van der Waals surface area contributed by atoms with Crippen LogP contribution < -0.4 is 11.1 Å². The first-order valence-electron chi connectivity index (χ1n) is 6.31. The Kier molecular flexibility index (Phi) is 2.99. The van der Waals surface area contributed by atoms with Crippen molar-refractivity contribution >= 4 is 28.0 Å². The van der Waals surface area contributed by atoms with Gasteiger partial charge in [-0.15, -0.1) is 0 Å². The van der Waals surface area contributed by atoms with Gasteiger partial charge in [-0.2, -0.15) is 0 Å². The Labute approximate surface area is 116 Å². The standard InChI is InChI=1S/C16H14FN3/c1-10-4-5-11(9-13(10)17)20-15-7-6-14-12(16(15)18)3-2-8-19-14/h2-9,20H,18H2,1H3.